The van der Waals surface area contributed by atoms with E-state index in [0.717, 1.165) is 25.1 Å². The summed E-state index contributed by atoms with van der Waals surface area (Å²) in [6, 6.07) is 17.2. The molecule has 0 unspecified atom stereocenters. The summed E-state index contributed by atoms with van der Waals surface area (Å²) >= 11 is 0. The molecule has 3 atom stereocenters. The van der Waals surface area contributed by atoms with Crippen LogP contribution in [0.25, 0.3) is 0 Å². The summed E-state index contributed by atoms with van der Waals surface area (Å²) < 4.78 is 6.28. The molecule has 3 nitrogen and oxygen atoms in total. The van der Waals surface area contributed by atoms with Crippen molar-refractivity contribution < 1.29 is 4.74 Å². The fraction of sp³-hybridized carbons (Fsp3) is 0.435. The maximum absolute atomic E-state index is 9.26. The maximum Gasteiger partial charge on any atom is 0.0991 e. The van der Waals surface area contributed by atoms with Gasteiger partial charge in [0.15, 0.2) is 0 Å². The molecule has 3 heteroatoms. The van der Waals surface area contributed by atoms with Gasteiger partial charge in [-0.2, -0.15) is 5.26 Å². The third-order valence-electron chi connectivity index (χ3n) is 5.71. The van der Waals surface area contributed by atoms with Crippen LogP contribution in [0.2, 0.25) is 0 Å². The summed E-state index contributed by atoms with van der Waals surface area (Å²) in [6.45, 7) is 7.58. The number of hydrogen-bond donors (Lipinski definition) is 1. The number of benzene rings is 2. The molecule has 2 aromatic rings. The Labute approximate surface area is 156 Å². The molecule has 0 radical (unpaired) electrons. The van der Waals surface area contributed by atoms with Crippen molar-refractivity contribution in [3.63, 3.8) is 0 Å². The van der Waals surface area contributed by atoms with Crippen LogP contribution in [-0.2, 0) is 10.2 Å². The lowest BCUT2D eigenvalue weighted by Crippen LogP contribution is -2.36. The molecule has 1 saturated heterocycles. The van der Waals surface area contributed by atoms with Crippen LogP contribution in [-0.4, -0.2) is 6.61 Å². The van der Waals surface area contributed by atoms with Gasteiger partial charge in [-0.1, -0.05) is 45.0 Å². The van der Waals surface area contributed by atoms with Gasteiger partial charge in [-0.05, 0) is 47.6 Å². The quantitative estimate of drug-likeness (QED) is 0.742. The normalized spacial score (nSPS) is 24.8. The minimum absolute atomic E-state index is 0.122. The molecule has 2 aromatic carbocycles. The number of nitriles is 1. The number of anilines is 1. The van der Waals surface area contributed by atoms with Crippen molar-refractivity contribution in [2.45, 2.75) is 51.2 Å². The highest BCUT2D eigenvalue weighted by atomic mass is 16.5. The lowest BCUT2D eigenvalue weighted by atomic mass is 9.75. The zero-order chi connectivity index (χ0) is 18.3. The Morgan fingerprint density at radius 1 is 1.15 bits per heavy atom. The first-order valence-corrected chi connectivity index (χ1v) is 9.50. The minimum Gasteiger partial charge on any atom is -0.378 e. The van der Waals surface area contributed by atoms with Crippen LogP contribution in [0.4, 0.5) is 5.69 Å². The van der Waals surface area contributed by atoms with Gasteiger partial charge in [0.25, 0.3) is 0 Å². The van der Waals surface area contributed by atoms with Crippen LogP contribution in [0, 0.1) is 17.2 Å². The van der Waals surface area contributed by atoms with E-state index >= 15 is 0 Å². The number of nitrogens with one attached hydrogen (secondary N) is 1. The first kappa shape index (κ1) is 17.1. The van der Waals surface area contributed by atoms with E-state index in [2.05, 4.69) is 56.4 Å². The third-order valence-corrected chi connectivity index (χ3v) is 5.71. The van der Waals surface area contributed by atoms with Gasteiger partial charge >= 0.3 is 0 Å². The predicted octanol–water partition coefficient (Wildman–Crippen LogP) is 5.49. The van der Waals surface area contributed by atoms with Crippen LogP contribution in [0.1, 0.15) is 68.0 Å². The molecule has 4 rings (SSSR count). The Hall–Kier alpha value is -2.31. The Morgan fingerprint density at radius 2 is 2.00 bits per heavy atom. The molecule has 0 amide bonds. The van der Waals surface area contributed by atoms with Crippen molar-refractivity contribution >= 4 is 5.69 Å². The molecule has 0 aromatic heterocycles. The third kappa shape index (κ3) is 2.99. The molecule has 0 bridgehead atoms. The van der Waals surface area contributed by atoms with E-state index in [4.69, 9.17) is 4.74 Å². The van der Waals surface area contributed by atoms with Crippen molar-refractivity contribution in [3.05, 3.63) is 64.7 Å². The minimum atomic E-state index is 0.122. The van der Waals surface area contributed by atoms with E-state index in [0.29, 0.717) is 11.5 Å². The molecule has 0 spiro atoms. The van der Waals surface area contributed by atoms with Crippen LogP contribution < -0.4 is 5.32 Å². The summed E-state index contributed by atoms with van der Waals surface area (Å²) in [5, 5.41) is 13.0. The largest absolute Gasteiger partial charge is 0.378 e. The Morgan fingerprint density at radius 3 is 2.77 bits per heavy atom. The van der Waals surface area contributed by atoms with Crippen LogP contribution >= 0.6 is 0 Å². The summed E-state index contributed by atoms with van der Waals surface area (Å²) in [5.41, 5.74) is 5.80. The lowest BCUT2D eigenvalue weighted by molar-refractivity contribution is -0.0382. The first-order valence-electron chi connectivity index (χ1n) is 9.50. The molecule has 1 N–H and O–H groups in total. The van der Waals surface area contributed by atoms with E-state index in [1.807, 2.05) is 18.2 Å². The summed E-state index contributed by atoms with van der Waals surface area (Å²) in [4.78, 5) is 0. The fourth-order valence-corrected chi connectivity index (χ4v) is 4.27. The Kier molecular flexibility index (Phi) is 4.25. The summed E-state index contributed by atoms with van der Waals surface area (Å²) in [6.07, 6.45) is 2.35. The van der Waals surface area contributed by atoms with Crippen molar-refractivity contribution in [3.8, 4) is 6.07 Å². The molecular weight excluding hydrogens is 320 g/mol. The molecule has 2 aliphatic rings. The topological polar surface area (TPSA) is 45.0 Å². The van der Waals surface area contributed by atoms with Crippen LogP contribution in [0.15, 0.2) is 42.5 Å². The molecule has 0 saturated carbocycles. The van der Waals surface area contributed by atoms with Crippen LogP contribution in [0.5, 0.6) is 0 Å². The fourth-order valence-electron chi connectivity index (χ4n) is 4.27. The van der Waals surface area contributed by atoms with E-state index in [1.165, 1.54) is 16.7 Å². The van der Waals surface area contributed by atoms with E-state index in [9.17, 15) is 5.26 Å². The number of fused-ring (bicyclic) bond motifs is 3. The molecule has 0 aliphatic carbocycles. The van der Waals surface area contributed by atoms with Gasteiger partial charge in [0.1, 0.15) is 0 Å². The van der Waals surface area contributed by atoms with Gasteiger partial charge in [-0.3, -0.25) is 0 Å². The lowest BCUT2D eigenvalue weighted by Gasteiger charge is -2.44. The molecule has 2 heterocycles. The Bertz CT molecular complexity index is 859. The molecule has 134 valence electrons. The average Bonchev–Trinajstić information content (AvgIpc) is 2.66. The molecule has 26 heavy (non-hydrogen) atoms. The highest BCUT2D eigenvalue weighted by Gasteiger charge is 2.40. The van der Waals surface area contributed by atoms with Crippen molar-refractivity contribution in [1.29, 1.82) is 5.26 Å². The smallest absolute Gasteiger partial charge is 0.0991 e. The Balaban J connectivity index is 1.78. The SMILES string of the molecule is CC(C)(C)c1ccc2c(c1)[C@H]1OCCC[C@H]1[C@H](c1cccc(C#N)c1)N2. The van der Waals surface area contributed by atoms with Gasteiger partial charge in [0.05, 0.1) is 23.8 Å². The standard InChI is InChI=1S/C23H26N2O/c1-23(2,3)17-9-10-20-19(13-17)22-18(8-5-11-26-22)21(25-20)16-7-4-6-15(12-16)14-24/h4,6-7,9-10,12-13,18,21-22,25H,5,8,11H2,1-3H3/t18-,21-,22-/m0/s1. The van der Waals surface area contributed by atoms with Gasteiger partial charge in [-0.25, -0.2) is 0 Å². The van der Waals surface area contributed by atoms with Gasteiger partial charge in [0.2, 0.25) is 0 Å². The zero-order valence-corrected chi connectivity index (χ0v) is 15.8. The number of ether oxygens (including phenoxy) is 1. The van der Waals surface area contributed by atoms with Crippen molar-refractivity contribution in [2.24, 2.45) is 5.92 Å². The molecule has 2 aliphatic heterocycles. The average molecular weight is 346 g/mol. The highest BCUT2D eigenvalue weighted by molar-refractivity contribution is 5.59. The second kappa shape index (κ2) is 6.45. The summed E-state index contributed by atoms with van der Waals surface area (Å²) in [5.74, 6) is 0.389. The predicted molar refractivity (Wildman–Crippen MR) is 104 cm³/mol. The maximum atomic E-state index is 9.26. The van der Waals surface area contributed by atoms with E-state index in [1.54, 1.807) is 0 Å². The van der Waals surface area contributed by atoms with Crippen molar-refractivity contribution in [1.82, 2.24) is 0 Å². The second-order valence-electron chi connectivity index (χ2n) is 8.51. The highest BCUT2D eigenvalue weighted by Crippen LogP contribution is 2.49. The van der Waals surface area contributed by atoms with Gasteiger partial charge in [-0.15, -0.1) is 0 Å². The molecular formula is C23H26N2O. The van der Waals surface area contributed by atoms with Crippen molar-refractivity contribution in [2.75, 3.05) is 11.9 Å². The monoisotopic (exact) mass is 346 g/mol. The zero-order valence-electron chi connectivity index (χ0n) is 15.8. The molecule has 1 fully saturated rings. The van der Waals surface area contributed by atoms with Gasteiger partial charge in [0, 0.05) is 23.8 Å². The number of rotatable bonds is 1. The van der Waals surface area contributed by atoms with E-state index in [-0.39, 0.29) is 17.6 Å². The van der Waals surface area contributed by atoms with E-state index < -0.39 is 0 Å². The van der Waals surface area contributed by atoms with Gasteiger partial charge < -0.3 is 10.1 Å². The summed E-state index contributed by atoms with van der Waals surface area (Å²) in [7, 11) is 0. The number of hydrogen-bond acceptors (Lipinski definition) is 3. The second-order valence-corrected chi connectivity index (χ2v) is 8.51. The first-order chi connectivity index (χ1) is 12.5. The van der Waals surface area contributed by atoms with Crippen LogP contribution in [0.3, 0.4) is 0 Å². The number of nitrogens with zero attached hydrogens (tertiary/aromatic N) is 1.